The fourth-order valence-corrected chi connectivity index (χ4v) is 2.89. The molecular formula is C10H17NO. The van der Waals surface area contributed by atoms with Gasteiger partial charge < -0.3 is 5.32 Å². The highest BCUT2D eigenvalue weighted by molar-refractivity contribution is 5.79. The smallest absolute Gasteiger partial charge is 0.220 e. The maximum atomic E-state index is 11.1. The van der Waals surface area contributed by atoms with Gasteiger partial charge >= 0.3 is 0 Å². The van der Waals surface area contributed by atoms with Crippen LogP contribution in [0.4, 0.5) is 0 Å². The predicted molar refractivity (Wildman–Crippen MR) is 47.6 cm³/mol. The van der Waals surface area contributed by atoms with Gasteiger partial charge in [-0.05, 0) is 30.1 Å². The number of rotatable bonds is 0. The molecule has 68 valence electrons. The Kier molecular flexibility index (Phi) is 1.67. The molecule has 12 heavy (non-hydrogen) atoms. The first kappa shape index (κ1) is 8.09. The van der Waals surface area contributed by atoms with Crippen LogP contribution >= 0.6 is 0 Å². The molecule has 1 N–H and O–H groups in total. The van der Waals surface area contributed by atoms with Gasteiger partial charge in [0.2, 0.25) is 5.91 Å². The van der Waals surface area contributed by atoms with E-state index < -0.39 is 0 Å². The summed E-state index contributed by atoms with van der Waals surface area (Å²) < 4.78 is 0. The lowest BCUT2D eigenvalue weighted by Gasteiger charge is -2.19. The highest BCUT2D eigenvalue weighted by Gasteiger charge is 2.46. The van der Waals surface area contributed by atoms with Crippen LogP contribution in [-0.4, -0.2) is 12.5 Å². The summed E-state index contributed by atoms with van der Waals surface area (Å²) in [5, 5.41) is 2.95. The summed E-state index contributed by atoms with van der Waals surface area (Å²) in [4.78, 5) is 11.1. The molecule has 0 aromatic carbocycles. The minimum atomic E-state index is 0.260. The summed E-state index contributed by atoms with van der Waals surface area (Å²) in [5.74, 6) is 1.87. The van der Waals surface area contributed by atoms with Crippen LogP contribution in [-0.2, 0) is 4.79 Å². The molecule has 1 aliphatic heterocycles. The monoisotopic (exact) mass is 167 g/mol. The van der Waals surface area contributed by atoms with Crippen molar-refractivity contribution in [3.8, 4) is 0 Å². The summed E-state index contributed by atoms with van der Waals surface area (Å²) >= 11 is 0. The van der Waals surface area contributed by atoms with Gasteiger partial charge in [-0.3, -0.25) is 4.79 Å². The van der Waals surface area contributed by atoms with Crippen molar-refractivity contribution in [2.45, 2.75) is 33.1 Å². The van der Waals surface area contributed by atoms with Crippen molar-refractivity contribution < 1.29 is 4.79 Å². The van der Waals surface area contributed by atoms with Gasteiger partial charge in [0.1, 0.15) is 0 Å². The fraction of sp³-hybridized carbons (Fsp3) is 0.900. The summed E-state index contributed by atoms with van der Waals surface area (Å²) in [6.45, 7) is 5.55. The third kappa shape index (κ3) is 1.13. The molecule has 1 amide bonds. The van der Waals surface area contributed by atoms with E-state index in [-0.39, 0.29) is 5.91 Å². The first-order chi connectivity index (χ1) is 5.61. The lowest BCUT2D eigenvalue weighted by Crippen LogP contribution is -2.20. The Morgan fingerprint density at radius 3 is 2.33 bits per heavy atom. The standard InChI is InChI=1S/C10H17NO/c1-7-3-10(4-8(7)2)5-9(12)11-6-10/h7-8H,3-6H2,1-2H3,(H,11,12)/t7-,8-/m0/s1. The molecule has 2 aliphatic rings. The average molecular weight is 167 g/mol. The molecule has 2 fully saturated rings. The Morgan fingerprint density at radius 2 is 1.92 bits per heavy atom. The van der Waals surface area contributed by atoms with Gasteiger partial charge in [0, 0.05) is 13.0 Å². The van der Waals surface area contributed by atoms with Crippen LogP contribution in [0.15, 0.2) is 0 Å². The predicted octanol–water partition coefficient (Wildman–Crippen LogP) is 1.56. The van der Waals surface area contributed by atoms with Crippen LogP contribution < -0.4 is 5.32 Å². The summed E-state index contributed by atoms with van der Waals surface area (Å²) in [6, 6.07) is 0. The van der Waals surface area contributed by atoms with Gasteiger partial charge in [-0.1, -0.05) is 13.8 Å². The van der Waals surface area contributed by atoms with Crippen molar-refractivity contribution in [2.75, 3.05) is 6.54 Å². The van der Waals surface area contributed by atoms with Crippen molar-refractivity contribution in [3.63, 3.8) is 0 Å². The van der Waals surface area contributed by atoms with Crippen molar-refractivity contribution in [3.05, 3.63) is 0 Å². The third-order valence-corrected chi connectivity index (χ3v) is 3.68. The summed E-state index contributed by atoms with van der Waals surface area (Å²) in [6.07, 6.45) is 3.27. The highest BCUT2D eigenvalue weighted by Crippen LogP contribution is 2.48. The van der Waals surface area contributed by atoms with Crippen LogP contribution in [0.3, 0.4) is 0 Å². The Morgan fingerprint density at radius 1 is 1.33 bits per heavy atom. The van der Waals surface area contributed by atoms with Gasteiger partial charge in [-0.15, -0.1) is 0 Å². The van der Waals surface area contributed by atoms with Gasteiger partial charge in [0.25, 0.3) is 0 Å². The first-order valence-electron chi connectivity index (χ1n) is 4.88. The Hall–Kier alpha value is -0.530. The molecule has 0 radical (unpaired) electrons. The van der Waals surface area contributed by atoms with Crippen LogP contribution in [0, 0.1) is 17.3 Å². The molecule has 0 aromatic heterocycles. The molecule has 0 aromatic rings. The van der Waals surface area contributed by atoms with E-state index in [9.17, 15) is 4.79 Å². The minimum absolute atomic E-state index is 0.260. The molecule has 2 rings (SSSR count). The minimum Gasteiger partial charge on any atom is -0.356 e. The number of carbonyl (C=O) groups excluding carboxylic acids is 1. The average Bonchev–Trinajstić information content (AvgIpc) is 2.42. The van der Waals surface area contributed by atoms with E-state index in [2.05, 4.69) is 19.2 Å². The highest BCUT2D eigenvalue weighted by atomic mass is 16.1. The number of amides is 1. The molecule has 1 spiro atoms. The maximum Gasteiger partial charge on any atom is 0.220 e. The molecule has 2 nitrogen and oxygen atoms in total. The normalized spacial score (nSPS) is 39.0. The van der Waals surface area contributed by atoms with E-state index in [0.717, 1.165) is 24.8 Å². The zero-order valence-corrected chi connectivity index (χ0v) is 7.89. The lowest BCUT2D eigenvalue weighted by atomic mass is 9.84. The number of nitrogens with one attached hydrogen (secondary N) is 1. The fourth-order valence-electron chi connectivity index (χ4n) is 2.89. The largest absolute Gasteiger partial charge is 0.356 e. The molecule has 1 saturated carbocycles. The number of hydrogen-bond acceptors (Lipinski definition) is 1. The van der Waals surface area contributed by atoms with Gasteiger partial charge in [-0.2, -0.15) is 0 Å². The number of carbonyl (C=O) groups is 1. The van der Waals surface area contributed by atoms with E-state index in [4.69, 9.17) is 0 Å². The van der Waals surface area contributed by atoms with E-state index in [0.29, 0.717) is 5.41 Å². The molecule has 1 saturated heterocycles. The second-order valence-electron chi connectivity index (χ2n) is 4.82. The second-order valence-corrected chi connectivity index (χ2v) is 4.82. The molecule has 1 aliphatic carbocycles. The van der Waals surface area contributed by atoms with Crippen molar-refractivity contribution in [1.82, 2.24) is 5.32 Å². The van der Waals surface area contributed by atoms with Gasteiger partial charge in [0.05, 0.1) is 0 Å². The Labute approximate surface area is 73.7 Å². The molecule has 1 heterocycles. The Bertz CT molecular complexity index is 202. The van der Waals surface area contributed by atoms with E-state index in [1.54, 1.807) is 0 Å². The topological polar surface area (TPSA) is 29.1 Å². The van der Waals surface area contributed by atoms with Crippen LogP contribution in [0.2, 0.25) is 0 Å². The van der Waals surface area contributed by atoms with Crippen molar-refractivity contribution in [1.29, 1.82) is 0 Å². The van der Waals surface area contributed by atoms with Crippen molar-refractivity contribution >= 4 is 5.91 Å². The maximum absolute atomic E-state index is 11.1. The molecular weight excluding hydrogens is 150 g/mol. The zero-order chi connectivity index (χ0) is 8.77. The van der Waals surface area contributed by atoms with Gasteiger partial charge in [0.15, 0.2) is 0 Å². The third-order valence-electron chi connectivity index (χ3n) is 3.68. The first-order valence-corrected chi connectivity index (χ1v) is 4.88. The quantitative estimate of drug-likeness (QED) is 0.583. The summed E-state index contributed by atoms with van der Waals surface area (Å²) in [7, 11) is 0. The molecule has 2 atom stereocenters. The van der Waals surface area contributed by atoms with E-state index in [1.807, 2.05) is 0 Å². The molecule has 2 heteroatoms. The molecule has 0 bridgehead atoms. The lowest BCUT2D eigenvalue weighted by molar-refractivity contribution is -0.119. The van der Waals surface area contributed by atoms with Gasteiger partial charge in [-0.25, -0.2) is 0 Å². The van der Waals surface area contributed by atoms with Crippen LogP contribution in [0.1, 0.15) is 33.1 Å². The SMILES string of the molecule is C[C@H]1CC2(CNC(=O)C2)C[C@@H]1C. The molecule has 0 unspecified atom stereocenters. The van der Waals surface area contributed by atoms with E-state index >= 15 is 0 Å². The zero-order valence-electron chi connectivity index (χ0n) is 7.89. The number of hydrogen-bond donors (Lipinski definition) is 1. The van der Waals surface area contributed by atoms with Crippen LogP contribution in [0.5, 0.6) is 0 Å². The Balaban J connectivity index is 2.10. The van der Waals surface area contributed by atoms with Crippen LogP contribution in [0.25, 0.3) is 0 Å². The van der Waals surface area contributed by atoms with E-state index in [1.165, 1.54) is 12.8 Å². The second kappa shape index (κ2) is 2.48. The van der Waals surface area contributed by atoms with Crippen molar-refractivity contribution in [2.24, 2.45) is 17.3 Å². The summed E-state index contributed by atoms with van der Waals surface area (Å²) in [5.41, 5.74) is 0.343.